The highest BCUT2D eigenvalue weighted by Crippen LogP contribution is 2.38. The third-order valence-corrected chi connectivity index (χ3v) is 4.26. The van der Waals surface area contributed by atoms with Crippen molar-refractivity contribution < 1.29 is 14.7 Å². The lowest BCUT2D eigenvalue weighted by atomic mass is 10.0. The highest BCUT2D eigenvalue weighted by molar-refractivity contribution is 5.89. The Bertz CT molecular complexity index is 310. The van der Waals surface area contributed by atoms with Gasteiger partial charge < -0.3 is 10.4 Å². The van der Waals surface area contributed by atoms with Crippen LogP contribution in [0.4, 0.5) is 0 Å². The topological polar surface area (TPSA) is 66.4 Å². The quantitative estimate of drug-likeness (QED) is 0.683. The number of unbranched alkanes of at least 4 members (excludes halogenated alkanes) is 1. The van der Waals surface area contributed by atoms with Gasteiger partial charge in [0.25, 0.3) is 0 Å². The largest absolute Gasteiger partial charge is 0.481 e. The number of carboxylic acid groups (broad SMARTS) is 1. The van der Waals surface area contributed by atoms with Crippen molar-refractivity contribution in [1.82, 2.24) is 5.32 Å². The average Bonchev–Trinajstić information content (AvgIpc) is 2.99. The molecule has 0 radical (unpaired) electrons. The number of aliphatic carboxylic acids is 1. The lowest BCUT2D eigenvalue weighted by Gasteiger charge is -2.08. The predicted molar refractivity (Wildman–Crippen MR) is 68.1 cm³/mol. The maximum atomic E-state index is 11.6. The maximum Gasteiger partial charge on any atom is 0.307 e. The summed E-state index contributed by atoms with van der Waals surface area (Å²) in [4.78, 5) is 22.2. The second-order valence-electron chi connectivity index (χ2n) is 5.72. The molecule has 1 amide bonds. The molecule has 2 fully saturated rings. The van der Waals surface area contributed by atoms with Gasteiger partial charge in [-0.25, -0.2) is 0 Å². The fourth-order valence-electron chi connectivity index (χ4n) is 2.96. The van der Waals surface area contributed by atoms with Gasteiger partial charge in [0, 0.05) is 6.54 Å². The Balaban J connectivity index is 1.48. The molecule has 0 aromatic heterocycles. The Labute approximate surface area is 108 Å². The van der Waals surface area contributed by atoms with E-state index in [0.717, 1.165) is 12.3 Å². The van der Waals surface area contributed by atoms with Crippen molar-refractivity contribution in [1.29, 1.82) is 0 Å². The molecule has 18 heavy (non-hydrogen) atoms. The van der Waals surface area contributed by atoms with Gasteiger partial charge in [0.2, 0.25) is 5.91 Å². The minimum atomic E-state index is -0.837. The first-order chi connectivity index (χ1) is 8.68. The fraction of sp³-hybridized carbons (Fsp3) is 0.857. The van der Waals surface area contributed by atoms with E-state index >= 15 is 0 Å². The molecular weight excluding hydrogens is 230 g/mol. The first-order valence-electron chi connectivity index (χ1n) is 7.19. The van der Waals surface area contributed by atoms with E-state index in [4.69, 9.17) is 5.11 Å². The summed E-state index contributed by atoms with van der Waals surface area (Å²) < 4.78 is 0. The van der Waals surface area contributed by atoms with E-state index in [1.807, 2.05) is 0 Å². The van der Waals surface area contributed by atoms with Crippen LogP contribution in [-0.4, -0.2) is 23.5 Å². The number of hydrogen-bond acceptors (Lipinski definition) is 2. The minimum absolute atomic E-state index is 0.0664. The molecule has 2 rings (SSSR count). The second kappa shape index (κ2) is 6.21. The van der Waals surface area contributed by atoms with Crippen molar-refractivity contribution in [3.05, 3.63) is 0 Å². The number of hydrogen-bond donors (Lipinski definition) is 2. The van der Waals surface area contributed by atoms with Gasteiger partial charge in [0.15, 0.2) is 0 Å². The van der Waals surface area contributed by atoms with Crippen molar-refractivity contribution in [2.75, 3.05) is 6.54 Å². The molecule has 2 aliphatic carbocycles. The maximum absolute atomic E-state index is 11.6. The molecule has 0 bridgehead atoms. The lowest BCUT2D eigenvalue weighted by molar-refractivity contribution is -0.140. The van der Waals surface area contributed by atoms with Crippen LogP contribution in [-0.2, 0) is 9.59 Å². The molecule has 4 heteroatoms. The van der Waals surface area contributed by atoms with E-state index in [1.165, 1.54) is 38.5 Å². The van der Waals surface area contributed by atoms with Gasteiger partial charge in [-0.2, -0.15) is 0 Å². The minimum Gasteiger partial charge on any atom is -0.481 e. The summed E-state index contributed by atoms with van der Waals surface area (Å²) in [6.07, 6.45) is 9.55. The lowest BCUT2D eigenvalue weighted by Crippen LogP contribution is -2.27. The molecule has 0 aliphatic heterocycles. The average molecular weight is 253 g/mol. The Hall–Kier alpha value is -1.06. The van der Waals surface area contributed by atoms with Crippen LogP contribution in [0.2, 0.25) is 0 Å². The van der Waals surface area contributed by atoms with E-state index in [2.05, 4.69) is 5.32 Å². The fourth-order valence-corrected chi connectivity index (χ4v) is 2.96. The van der Waals surface area contributed by atoms with E-state index in [1.54, 1.807) is 0 Å². The Morgan fingerprint density at radius 1 is 1.11 bits per heavy atom. The summed E-state index contributed by atoms with van der Waals surface area (Å²) >= 11 is 0. The third-order valence-electron chi connectivity index (χ3n) is 4.26. The van der Waals surface area contributed by atoms with Crippen LogP contribution >= 0.6 is 0 Å². The first kappa shape index (κ1) is 13.4. The molecule has 0 heterocycles. The number of carboxylic acids is 1. The summed E-state index contributed by atoms with van der Waals surface area (Å²) in [5.41, 5.74) is 0. The van der Waals surface area contributed by atoms with Crippen LogP contribution in [0.1, 0.15) is 51.4 Å². The van der Waals surface area contributed by atoms with Gasteiger partial charge in [-0.15, -0.1) is 0 Å². The van der Waals surface area contributed by atoms with Gasteiger partial charge in [-0.05, 0) is 18.8 Å². The molecular formula is C14H23NO3. The molecule has 102 valence electrons. The Morgan fingerprint density at radius 3 is 2.44 bits per heavy atom. The molecule has 4 nitrogen and oxygen atoms in total. The van der Waals surface area contributed by atoms with Crippen molar-refractivity contribution in [2.45, 2.75) is 51.4 Å². The van der Waals surface area contributed by atoms with Crippen molar-refractivity contribution in [2.24, 2.45) is 17.8 Å². The van der Waals surface area contributed by atoms with Crippen molar-refractivity contribution in [3.8, 4) is 0 Å². The van der Waals surface area contributed by atoms with Gasteiger partial charge in [0.1, 0.15) is 0 Å². The zero-order valence-corrected chi connectivity index (χ0v) is 10.9. The van der Waals surface area contributed by atoms with Crippen LogP contribution in [0.25, 0.3) is 0 Å². The van der Waals surface area contributed by atoms with E-state index in [9.17, 15) is 9.59 Å². The smallest absolute Gasteiger partial charge is 0.307 e. The molecule has 2 N–H and O–H groups in total. The highest BCUT2D eigenvalue weighted by Gasteiger charge is 2.48. The van der Waals surface area contributed by atoms with Gasteiger partial charge in [-0.3, -0.25) is 9.59 Å². The van der Waals surface area contributed by atoms with E-state index in [0.29, 0.717) is 13.0 Å². The number of amides is 1. The molecule has 0 aromatic rings. The molecule has 0 aromatic carbocycles. The van der Waals surface area contributed by atoms with Crippen LogP contribution in [0.5, 0.6) is 0 Å². The van der Waals surface area contributed by atoms with Gasteiger partial charge in [-0.1, -0.05) is 38.5 Å². The molecule has 2 aliphatic rings. The monoisotopic (exact) mass is 253 g/mol. The van der Waals surface area contributed by atoms with E-state index < -0.39 is 11.9 Å². The number of carbonyl (C=O) groups excluding carboxylic acids is 1. The first-order valence-corrected chi connectivity index (χ1v) is 7.19. The Kier molecular flexibility index (Phi) is 4.61. The normalized spacial score (nSPS) is 27.1. The summed E-state index contributed by atoms with van der Waals surface area (Å²) in [6.45, 7) is 0.703. The standard InChI is InChI=1S/C14H23NO3/c16-13(11-9-12(11)14(17)18)15-8-4-3-7-10-5-1-2-6-10/h10-12H,1-9H2,(H,15,16)(H,17,18). The molecule has 0 spiro atoms. The summed E-state index contributed by atoms with van der Waals surface area (Å²) in [6, 6.07) is 0. The van der Waals surface area contributed by atoms with Crippen molar-refractivity contribution in [3.63, 3.8) is 0 Å². The van der Waals surface area contributed by atoms with Gasteiger partial charge >= 0.3 is 5.97 Å². The zero-order valence-electron chi connectivity index (χ0n) is 10.9. The number of carbonyl (C=O) groups is 2. The van der Waals surface area contributed by atoms with Gasteiger partial charge in [0.05, 0.1) is 11.8 Å². The SMILES string of the molecule is O=C(O)C1CC1C(=O)NCCCCC1CCCC1. The zero-order chi connectivity index (χ0) is 13.0. The molecule has 2 atom stereocenters. The molecule has 0 saturated heterocycles. The highest BCUT2D eigenvalue weighted by atomic mass is 16.4. The van der Waals surface area contributed by atoms with Crippen molar-refractivity contribution >= 4 is 11.9 Å². The summed E-state index contributed by atoms with van der Waals surface area (Å²) in [5.74, 6) is -0.680. The van der Waals surface area contributed by atoms with E-state index in [-0.39, 0.29) is 11.8 Å². The van der Waals surface area contributed by atoms with Crippen LogP contribution in [0.15, 0.2) is 0 Å². The predicted octanol–water partition coefficient (Wildman–Crippen LogP) is 2.18. The molecule has 2 unspecified atom stereocenters. The summed E-state index contributed by atoms with van der Waals surface area (Å²) in [5, 5.41) is 11.6. The third kappa shape index (κ3) is 3.72. The van der Waals surface area contributed by atoms with Crippen LogP contribution in [0, 0.1) is 17.8 Å². The Morgan fingerprint density at radius 2 is 1.83 bits per heavy atom. The number of rotatable bonds is 7. The second-order valence-corrected chi connectivity index (χ2v) is 5.72. The summed E-state index contributed by atoms with van der Waals surface area (Å²) in [7, 11) is 0. The number of nitrogens with one attached hydrogen (secondary N) is 1. The molecule has 2 saturated carbocycles. The van der Waals surface area contributed by atoms with Crippen LogP contribution in [0.3, 0.4) is 0 Å². The van der Waals surface area contributed by atoms with Crippen LogP contribution < -0.4 is 5.32 Å².